The number of hydrogen-bond acceptors (Lipinski definition) is 6. The Morgan fingerprint density at radius 3 is 1.68 bits per heavy atom. The van der Waals surface area contributed by atoms with Gasteiger partial charge in [0, 0.05) is 35.7 Å². The predicted molar refractivity (Wildman–Crippen MR) is 183 cm³/mol. The van der Waals surface area contributed by atoms with Crippen molar-refractivity contribution in [2.75, 3.05) is 6.61 Å². The molecule has 0 saturated heterocycles. The first-order valence-electron chi connectivity index (χ1n) is 15.0. The van der Waals surface area contributed by atoms with E-state index in [0.717, 1.165) is 51.4 Å². The van der Waals surface area contributed by atoms with Crippen molar-refractivity contribution in [3.8, 4) is 41.0 Å². The van der Waals surface area contributed by atoms with Gasteiger partial charge in [-0.25, -0.2) is 19.3 Å². The molecule has 9 heteroatoms. The van der Waals surface area contributed by atoms with Crippen LogP contribution in [0.2, 0.25) is 0 Å². The topological polar surface area (TPSA) is 83.5 Å². The normalized spacial score (nSPS) is 10.0. The van der Waals surface area contributed by atoms with Crippen LogP contribution in [-0.2, 0) is 19.8 Å². The summed E-state index contributed by atoms with van der Waals surface area (Å²) in [5.74, 6) is 4.95. The zero-order valence-electron chi connectivity index (χ0n) is 28.2. The second kappa shape index (κ2) is 17.1. The summed E-state index contributed by atoms with van der Waals surface area (Å²) in [6.45, 7) is 16.7. The predicted octanol–water partition coefficient (Wildman–Crippen LogP) is 7.56. The Morgan fingerprint density at radius 2 is 1.26 bits per heavy atom. The zero-order chi connectivity index (χ0) is 33.2. The van der Waals surface area contributed by atoms with Crippen LogP contribution in [0.3, 0.4) is 0 Å². The van der Waals surface area contributed by atoms with Crippen LogP contribution in [0, 0.1) is 73.8 Å². The molecule has 0 saturated carbocycles. The number of ether oxygens (including phenoxy) is 1. The quantitative estimate of drug-likeness (QED) is 0.132. The number of hydrogen-bond donors (Lipinski definition) is 0. The summed E-state index contributed by atoms with van der Waals surface area (Å²) in [7, 11) is 0. The van der Waals surface area contributed by atoms with Crippen molar-refractivity contribution in [1.82, 2.24) is 34.5 Å². The molecule has 0 spiro atoms. The molecule has 47 heavy (non-hydrogen) atoms. The third kappa shape index (κ3) is 9.55. The molecule has 1 radical (unpaired) electrons. The van der Waals surface area contributed by atoms with Gasteiger partial charge in [-0.2, -0.15) is 10.2 Å². The summed E-state index contributed by atoms with van der Waals surface area (Å²) in [6.07, 6.45) is 10.5. The van der Waals surface area contributed by atoms with Gasteiger partial charge in [-0.05, 0) is 114 Å². The minimum atomic E-state index is 0. The fourth-order valence-corrected chi connectivity index (χ4v) is 4.49. The molecule has 5 aromatic heterocycles. The van der Waals surface area contributed by atoms with Crippen LogP contribution in [0.25, 0.3) is 22.9 Å². The second-order valence-corrected chi connectivity index (χ2v) is 10.9. The average Bonchev–Trinajstić information content (AvgIpc) is 3.48. The van der Waals surface area contributed by atoms with Crippen LogP contribution in [0.15, 0.2) is 79.3 Å². The summed E-state index contributed by atoms with van der Waals surface area (Å²) in [4.78, 5) is 12.9. The molecule has 6 rings (SSSR count). The largest absolute Gasteiger partial charge is 1.00 e. The van der Waals surface area contributed by atoms with Gasteiger partial charge in [-0.3, -0.25) is 0 Å². The van der Waals surface area contributed by atoms with E-state index in [1.807, 2.05) is 90.2 Å². The van der Waals surface area contributed by atoms with E-state index >= 15 is 0 Å². The molecule has 0 N–H and O–H groups in total. The molecule has 0 fully saturated rings. The van der Waals surface area contributed by atoms with E-state index in [-0.39, 0.29) is 26.4 Å². The molecule has 1 aromatic carbocycles. The van der Waals surface area contributed by atoms with Crippen molar-refractivity contribution in [2.24, 2.45) is 0 Å². The van der Waals surface area contributed by atoms with E-state index in [1.165, 1.54) is 22.3 Å². The summed E-state index contributed by atoms with van der Waals surface area (Å²) < 4.78 is 9.13. The van der Waals surface area contributed by atoms with Gasteiger partial charge in [-0.1, -0.05) is 18.1 Å². The van der Waals surface area contributed by atoms with Crippen LogP contribution in [0.5, 0.6) is 5.75 Å². The van der Waals surface area contributed by atoms with Gasteiger partial charge >= 0.3 is 19.8 Å². The zero-order valence-corrected chi connectivity index (χ0v) is 30.7. The number of rotatable bonds is 5. The minimum Gasteiger partial charge on any atom is -0.500 e. The van der Waals surface area contributed by atoms with Crippen molar-refractivity contribution in [1.29, 1.82) is 0 Å². The third-order valence-corrected chi connectivity index (χ3v) is 7.58. The average molecular weight is 801 g/mol. The van der Waals surface area contributed by atoms with Crippen molar-refractivity contribution in [3.63, 3.8) is 0 Å². The van der Waals surface area contributed by atoms with Crippen LogP contribution in [0.1, 0.15) is 45.0 Å². The number of nitrogens with zero attached hydrogens (tertiary/aromatic N) is 7. The first kappa shape index (κ1) is 36.6. The molecule has 8 nitrogen and oxygen atoms in total. The molecule has 0 bridgehead atoms. The minimum absolute atomic E-state index is 0. The smallest absolute Gasteiger partial charge is 0.500 e. The summed E-state index contributed by atoms with van der Waals surface area (Å²) in [5, 5.41) is 8.95. The number of benzene rings is 1. The summed E-state index contributed by atoms with van der Waals surface area (Å²) in [6, 6.07) is 22.4. The van der Waals surface area contributed by atoms with Crippen molar-refractivity contribution < 1.29 is 24.5 Å². The van der Waals surface area contributed by atoms with Gasteiger partial charge in [0.2, 0.25) is 0 Å². The van der Waals surface area contributed by atoms with Crippen molar-refractivity contribution in [2.45, 2.75) is 55.4 Å². The molecule has 0 aliphatic rings. The standard InChI is InChI=1S/C14H10NO.2C12H15N3.Os/c1-2-10-16-13-7-5-6-12(11-13)14-8-3-4-9-15-14;2*1-8-5-6-13-12(7-8)15-11(4)9(2)10(3)14-15;/h1,3-5,7-9,11H,10H2;2*5-7H,1-4H3;/q-1;;;+1. The van der Waals surface area contributed by atoms with Crippen molar-refractivity contribution in [3.05, 3.63) is 130 Å². The van der Waals surface area contributed by atoms with Crippen LogP contribution < -0.4 is 4.74 Å². The van der Waals surface area contributed by atoms with Gasteiger partial charge in [0.25, 0.3) is 0 Å². The van der Waals surface area contributed by atoms with E-state index in [1.54, 1.807) is 12.3 Å². The molecule has 0 unspecified atom stereocenters. The van der Waals surface area contributed by atoms with Crippen LogP contribution >= 0.6 is 0 Å². The molecule has 0 aliphatic heterocycles. The maximum absolute atomic E-state index is 5.33. The van der Waals surface area contributed by atoms with Gasteiger partial charge < -0.3 is 9.72 Å². The fraction of sp³-hybridized carbons (Fsp3) is 0.237. The first-order chi connectivity index (χ1) is 22.1. The third-order valence-electron chi connectivity index (χ3n) is 7.58. The molecular weight excluding hydrogens is 761 g/mol. The van der Waals surface area contributed by atoms with Gasteiger partial charge in [0.1, 0.15) is 6.61 Å². The number of aryl methyl sites for hydroxylation is 4. The van der Waals surface area contributed by atoms with E-state index < -0.39 is 0 Å². The van der Waals surface area contributed by atoms with E-state index in [9.17, 15) is 0 Å². The summed E-state index contributed by atoms with van der Waals surface area (Å²) >= 11 is 0. The Bertz CT molecular complexity index is 1860. The number of pyridine rings is 3. The monoisotopic (exact) mass is 802 g/mol. The molecule has 0 amide bonds. The van der Waals surface area contributed by atoms with E-state index in [2.05, 4.69) is 78.7 Å². The Kier molecular flexibility index (Phi) is 13.3. The Morgan fingerprint density at radius 1 is 0.702 bits per heavy atom. The fourth-order valence-electron chi connectivity index (χ4n) is 4.49. The van der Waals surface area contributed by atoms with Gasteiger partial charge in [-0.15, -0.1) is 36.3 Å². The van der Waals surface area contributed by atoms with E-state index in [0.29, 0.717) is 0 Å². The molecule has 0 atom stereocenters. The molecule has 6 aromatic rings. The van der Waals surface area contributed by atoms with Crippen LogP contribution in [-0.4, -0.2) is 41.1 Å². The number of aromatic nitrogens is 7. The van der Waals surface area contributed by atoms with E-state index in [4.69, 9.17) is 11.2 Å². The van der Waals surface area contributed by atoms with Gasteiger partial charge in [0.15, 0.2) is 11.6 Å². The Balaban J connectivity index is 0.000000190. The Labute approximate surface area is 291 Å². The van der Waals surface area contributed by atoms with Crippen LogP contribution in [0.4, 0.5) is 0 Å². The maximum atomic E-state index is 5.33. The second-order valence-electron chi connectivity index (χ2n) is 10.9. The maximum Gasteiger partial charge on any atom is 1.00 e. The molecule has 5 heterocycles. The summed E-state index contributed by atoms with van der Waals surface area (Å²) in [5.41, 5.74) is 11.1. The first-order valence-corrected chi connectivity index (χ1v) is 15.0. The molecular formula is C38H40N7OOs. The van der Waals surface area contributed by atoms with Crippen molar-refractivity contribution >= 4 is 0 Å². The number of terminal acetylenes is 1. The Hall–Kier alpha value is -4.91. The molecule has 0 aliphatic carbocycles. The molecule has 241 valence electrons. The SMILES string of the molecule is C#CCOc1cc[c-]c(-c2ccccn2)c1.Cc1ccnc(-n2nc(C)c(C)c2C)c1.Cc1ccnc(-n2nc(C)c(C)c2C)c1.[Os+]. The van der Waals surface area contributed by atoms with Gasteiger partial charge in [0.05, 0.1) is 11.4 Å².